The molecule has 0 saturated carbocycles. The van der Waals surface area contributed by atoms with Gasteiger partial charge in [-0.25, -0.2) is 9.29 Å². The number of alkyl halides is 1. The number of carbonyl (C=O) groups is 5. The highest BCUT2D eigenvalue weighted by atomic mass is 19.1. The minimum absolute atomic E-state index is 0.0118. The number of halogens is 1. The van der Waals surface area contributed by atoms with Crippen molar-refractivity contribution in [3.63, 3.8) is 0 Å². The van der Waals surface area contributed by atoms with Gasteiger partial charge in [0.1, 0.15) is 6.10 Å². The van der Waals surface area contributed by atoms with Gasteiger partial charge in [-0.15, -0.1) is 0 Å². The van der Waals surface area contributed by atoms with Crippen molar-refractivity contribution in [3.05, 3.63) is 29.3 Å². The molecule has 5 amide bonds. The maximum absolute atomic E-state index is 15.2. The number of imide groups is 2. The molecule has 2 heterocycles. The third-order valence-corrected chi connectivity index (χ3v) is 3.93. The number of amides is 5. The summed E-state index contributed by atoms with van der Waals surface area (Å²) in [5, 5.41) is 13.5. The Bertz CT molecular complexity index is 854. The molecule has 1 fully saturated rings. The van der Waals surface area contributed by atoms with Gasteiger partial charge in [-0.05, 0) is 12.1 Å². The van der Waals surface area contributed by atoms with E-state index >= 15 is 4.39 Å². The summed E-state index contributed by atoms with van der Waals surface area (Å²) in [5.41, 5.74) is -0.478. The molecule has 3 N–H and O–H groups in total. The Morgan fingerprint density at radius 3 is 2.64 bits per heavy atom. The predicted octanol–water partition coefficient (Wildman–Crippen LogP) is -0.686. The molecule has 2 aliphatic rings. The third-order valence-electron chi connectivity index (χ3n) is 3.93. The lowest BCUT2D eigenvalue weighted by Gasteiger charge is -2.35. The number of carbonyl (C=O) groups excluding carboxylic acids is 5. The highest BCUT2D eigenvalue weighted by Gasteiger charge is 2.59. The molecule has 2 unspecified atom stereocenters. The van der Waals surface area contributed by atoms with Gasteiger partial charge in [0.15, 0.2) is 0 Å². The van der Waals surface area contributed by atoms with Gasteiger partial charge in [0.2, 0.25) is 5.91 Å². The monoisotopic (exact) mass is 349 g/mol. The van der Waals surface area contributed by atoms with Crippen molar-refractivity contribution in [2.45, 2.75) is 25.2 Å². The fraction of sp³-hybridized carbons (Fsp3) is 0.267. The van der Waals surface area contributed by atoms with Crippen LogP contribution in [0.25, 0.3) is 0 Å². The van der Waals surface area contributed by atoms with Crippen molar-refractivity contribution in [2.24, 2.45) is 0 Å². The molecule has 2 atom stereocenters. The Morgan fingerprint density at radius 2 is 2.00 bits per heavy atom. The Kier molecular flexibility index (Phi) is 3.64. The summed E-state index contributed by atoms with van der Waals surface area (Å²) < 4.78 is 15.2. The van der Waals surface area contributed by atoms with E-state index in [0.717, 1.165) is 0 Å². The number of hydrogen-bond acceptors (Lipinski definition) is 6. The second-order valence-corrected chi connectivity index (χ2v) is 5.65. The second-order valence-electron chi connectivity index (χ2n) is 5.65. The van der Waals surface area contributed by atoms with Crippen molar-refractivity contribution in [1.82, 2.24) is 10.2 Å². The van der Waals surface area contributed by atoms with Crippen LogP contribution in [0.1, 0.15) is 34.1 Å². The van der Waals surface area contributed by atoms with Gasteiger partial charge in [-0.2, -0.15) is 0 Å². The number of hydrogen-bond donors (Lipinski definition) is 3. The zero-order valence-electron chi connectivity index (χ0n) is 12.8. The number of piperidine rings is 1. The first kappa shape index (κ1) is 16.7. The molecule has 9 nitrogen and oxygen atoms in total. The molecule has 1 aromatic carbocycles. The quantitative estimate of drug-likeness (QED) is 0.478. The second kappa shape index (κ2) is 5.45. The molecule has 0 bridgehead atoms. The fourth-order valence-corrected chi connectivity index (χ4v) is 2.83. The molecule has 0 radical (unpaired) electrons. The Morgan fingerprint density at radius 1 is 1.32 bits per heavy atom. The van der Waals surface area contributed by atoms with E-state index in [-0.39, 0.29) is 21.7 Å². The first-order chi connectivity index (χ1) is 11.7. The Labute approximate surface area is 139 Å². The highest BCUT2D eigenvalue weighted by Crippen LogP contribution is 2.37. The van der Waals surface area contributed by atoms with E-state index in [4.69, 9.17) is 0 Å². The topological polar surface area (TPSA) is 133 Å². The molecule has 25 heavy (non-hydrogen) atoms. The Hall–Kier alpha value is -3.14. The summed E-state index contributed by atoms with van der Waals surface area (Å²) in [7, 11) is 0. The molecule has 1 aromatic rings. The normalized spacial score (nSPS) is 25.7. The number of nitrogens with one attached hydrogen (secondary N) is 2. The van der Waals surface area contributed by atoms with Crippen LogP contribution in [0.2, 0.25) is 0 Å². The summed E-state index contributed by atoms with van der Waals surface area (Å²) >= 11 is 0. The average molecular weight is 349 g/mol. The largest absolute Gasteiger partial charge is 0.383 e. The molecule has 0 spiro atoms. The van der Waals surface area contributed by atoms with Gasteiger partial charge >= 0.3 is 0 Å². The van der Waals surface area contributed by atoms with Crippen LogP contribution < -0.4 is 10.6 Å². The van der Waals surface area contributed by atoms with Crippen molar-refractivity contribution in [3.8, 4) is 0 Å². The SMILES string of the molecule is CC(=O)Nc1cccc2c1C(=O)N(C1(F)CC(O)C(=O)NC1=O)C2=O. The third kappa shape index (κ3) is 2.38. The van der Waals surface area contributed by atoms with Crippen molar-refractivity contribution < 1.29 is 33.5 Å². The first-order valence-corrected chi connectivity index (χ1v) is 7.18. The van der Waals surface area contributed by atoms with Crippen LogP contribution in [0.3, 0.4) is 0 Å². The lowest BCUT2D eigenvalue weighted by atomic mass is 9.99. The Balaban J connectivity index is 2.07. The summed E-state index contributed by atoms with van der Waals surface area (Å²) in [5.74, 6) is -8.63. The molecule has 2 aliphatic heterocycles. The van der Waals surface area contributed by atoms with E-state index in [1.54, 1.807) is 5.32 Å². The number of anilines is 1. The van der Waals surface area contributed by atoms with E-state index in [1.165, 1.54) is 25.1 Å². The van der Waals surface area contributed by atoms with Gasteiger partial charge in [-0.1, -0.05) is 6.07 Å². The van der Waals surface area contributed by atoms with Crippen molar-refractivity contribution in [2.75, 3.05) is 5.32 Å². The minimum Gasteiger partial charge on any atom is -0.383 e. The standard InChI is InChI=1S/C15H12FN3O6/c1-6(20)17-8-4-2-3-7-10(8)13(24)19(12(7)23)15(16)5-9(21)11(22)18-14(15)25/h2-4,9,21H,5H2,1H3,(H,17,20)(H,18,22,25). The van der Waals surface area contributed by atoms with E-state index in [0.29, 0.717) is 0 Å². The number of fused-ring (bicyclic) bond motifs is 1. The number of rotatable bonds is 2. The van der Waals surface area contributed by atoms with Gasteiger partial charge in [-0.3, -0.25) is 29.3 Å². The minimum atomic E-state index is -3.23. The van der Waals surface area contributed by atoms with Gasteiger partial charge in [0.25, 0.3) is 29.4 Å². The maximum Gasteiger partial charge on any atom is 0.286 e. The van der Waals surface area contributed by atoms with Crippen LogP contribution in [-0.4, -0.2) is 51.4 Å². The summed E-state index contributed by atoms with van der Waals surface area (Å²) in [4.78, 5) is 59.6. The molecule has 1 saturated heterocycles. The summed E-state index contributed by atoms with van der Waals surface area (Å²) in [6.45, 7) is 1.19. The van der Waals surface area contributed by atoms with Gasteiger partial charge < -0.3 is 10.4 Å². The van der Waals surface area contributed by atoms with E-state index in [9.17, 15) is 29.1 Å². The van der Waals surface area contributed by atoms with Crippen molar-refractivity contribution in [1.29, 1.82) is 0 Å². The van der Waals surface area contributed by atoms with Crippen molar-refractivity contribution >= 4 is 35.2 Å². The van der Waals surface area contributed by atoms with E-state index in [2.05, 4.69) is 5.32 Å². The smallest absolute Gasteiger partial charge is 0.286 e. The molecule has 0 aromatic heterocycles. The zero-order valence-corrected chi connectivity index (χ0v) is 12.8. The molecular weight excluding hydrogens is 337 g/mol. The molecule has 3 rings (SSSR count). The lowest BCUT2D eigenvalue weighted by molar-refractivity contribution is -0.160. The number of benzene rings is 1. The number of aliphatic hydroxyl groups excluding tert-OH is 1. The van der Waals surface area contributed by atoms with Crippen LogP contribution in [0, 0.1) is 0 Å². The summed E-state index contributed by atoms with van der Waals surface area (Å²) in [6, 6.07) is 3.97. The van der Waals surface area contributed by atoms with Crippen LogP contribution in [0.4, 0.5) is 10.1 Å². The molecular formula is C15H12FN3O6. The molecule has 0 aliphatic carbocycles. The zero-order chi connectivity index (χ0) is 18.5. The van der Waals surface area contributed by atoms with E-state index < -0.39 is 47.9 Å². The molecule has 130 valence electrons. The predicted molar refractivity (Wildman–Crippen MR) is 78.9 cm³/mol. The van der Waals surface area contributed by atoms with Crippen LogP contribution in [0.5, 0.6) is 0 Å². The maximum atomic E-state index is 15.2. The van der Waals surface area contributed by atoms with Crippen LogP contribution in [0.15, 0.2) is 18.2 Å². The average Bonchev–Trinajstić information content (AvgIpc) is 2.78. The number of nitrogens with zero attached hydrogens (tertiary/aromatic N) is 1. The van der Waals surface area contributed by atoms with Gasteiger partial charge in [0, 0.05) is 13.3 Å². The van der Waals surface area contributed by atoms with Crippen LogP contribution >= 0.6 is 0 Å². The van der Waals surface area contributed by atoms with E-state index in [1.807, 2.05) is 0 Å². The van der Waals surface area contributed by atoms with Crippen LogP contribution in [-0.2, 0) is 14.4 Å². The summed E-state index contributed by atoms with van der Waals surface area (Å²) in [6.07, 6.45) is -2.97. The molecule has 10 heteroatoms. The number of aliphatic hydroxyl groups is 1. The highest BCUT2D eigenvalue weighted by molar-refractivity contribution is 6.26. The fourth-order valence-electron chi connectivity index (χ4n) is 2.83. The lowest BCUT2D eigenvalue weighted by Crippen LogP contribution is -2.65. The van der Waals surface area contributed by atoms with Gasteiger partial charge in [0.05, 0.1) is 16.8 Å². The first-order valence-electron chi connectivity index (χ1n) is 7.18.